The topological polar surface area (TPSA) is 94.0 Å². The Labute approximate surface area is 162 Å². The van der Waals surface area contributed by atoms with Crippen molar-refractivity contribution >= 4 is 17.5 Å². The number of aryl methyl sites for hydroxylation is 1. The molecule has 4 rings (SSSR count). The Bertz CT molecular complexity index is 947. The summed E-state index contributed by atoms with van der Waals surface area (Å²) in [6, 6.07) is 15.7. The number of hydrogen-bond donors (Lipinski definition) is 2. The van der Waals surface area contributed by atoms with Crippen LogP contribution in [0.4, 0.5) is 11.6 Å². The van der Waals surface area contributed by atoms with Crippen LogP contribution in [-0.2, 0) is 16.1 Å². The smallest absolute Gasteiger partial charge is 0.253 e. The number of carbonyl (C=O) groups excluding carboxylic acids is 1. The van der Waals surface area contributed by atoms with Gasteiger partial charge in [-0.1, -0.05) is 34.9 Å². The molecule has 0 bridgehead atoms. The molecule has 8 nitrogen and oxygen atoms in total. The molecule has 1 aliphatic rings. The van der Waals surface area contributed by atoms with Crippen molar-refractivity contribution in [3.63, 3.8) is 0 Å². The predicted molar refractivity (Wildman–Crippen MR) is 105 cm³/mol. The number of anilines is 2. The summed E-state index contributed by atoms with van der Waals surface area (Å²) in [4.78, 5) is 12.2. The van der Waals surface area contributed by atoms with Crippen LogP contribution in [0.1, 0.15) is 24.0 Å². The molecule has 2 N–H and O–H groups in total. The second-order valence-electron chi connectivity index (χ2n) is 6.79. The van der Waals surface area contributed by atoms with Gasteiger partial charge in [0.2, 0.25) is 5.95 Å². The van der Waals surface area contributed by atoms with Crippen LogP contribution in [0.5, 0.6) is 0 Å². The van der Waals surface area contributed by atoms with Gasteiger partial charge >= 0.3 is 0 Å². The van der Waals surface area contributed by atoms with Crippen LogP contribution < -0.4 is 10.6 Å². The van der Waals surface area contributed by atoms with Gasteiger partial charge in [-0.05, 0) is 60.0 Å². The molecule has 2 aromatic carbocycles. The number of benzene rings is 2. The molecule has 144 valence electrons. The van der Waals surface area contributed by atoms with Crippen molar-refractivity contribution in [3.8, 4) is 5.69 Å². The van der Waals surface area contributed by atoms with E-state index < -0.39 is 0 Å². The zero-order valence-corrected chi connectivity index (χ0v) is 15.6. The first-order valence-electron chi connectivity index (χ1n) is 9.30. The summed E-state index contributed by atoms with van der Waals surface area (Å²) >= 11 is 0. The number of rotatable bonds is 6. The van der Waals surface area contributed by atoms with Crippen molar-refractivity contribution in [1.82, 2.24) is 20.2 Å². The molecule has 1 fully saturated rings. The largest absolute Gasteiger partial charge is 0.368 e. The van der Waals surface area contributed by atoms with E-state index in [4.69, 9.17) is 4.74 Å². The summed E-state index contributed by atoms with van der Waals surface area (Å²) in [5, 5.41) is 18.0. The summed E-state index contributed by atoms with van der Waals surface area (Å²) in [5.41, 5.74) is 3.81. The third-order valence-corrected chi connectivity index (χ3v) is 4.62. The highest BCUT2D eigenvalue weighted by Gasteiger charge is 2.23. The first-order chi connectivity index (χ1) is 13.7. The number of ether oxygens (including phenoxy) is 1. The average molecular weight is 378 g/mol. The lowest BCUT2D eigenvalue weighted by Crippen LogP contribution is -2.26. The number of hydrogen-bond acceptors (Lipinski definition) is 6. The Hall–Kier alpha value is -3.26. The predicted octanol–water partition coefficient (Wildman–Crippen LogP) is 2.70. The number of tetrazole rings is 1. The van der Waals surface area contributed by atoms with Crippen LogP contribution in [0.15, 0.2) is 48.5 Å². The molecule has 0 spiro atoms. The molecule has 1 atom stereocenters. The van der Waals surface area contributed by atoms with Crippen LogP contribution >= 0.6 is 0 Å². The lowest BCUT2D eigenvalue weighted by Gasteiger charge is -2.12. The summed E-state index contributed by atoms with van der Waals surface area (Å²) in [6.45, 7) is 3.21. The maximum absolute atomic E-state index is 12.2. The van der Waals surface area contributed by atoms with E-state index in [0.717, 1.165) is 29.8 Å². The van der Waals surface area contributed by atoms with E-state index >= 15 is 0 Å². The van der Waals surface area contributed by atoms with E-state index in [1.165, 1.54) is 5.56 Å². The van der Waals surface area contributed by atoms with Crippen molar-refractivity contribution in [2.75, 3.05) is 17.2 Å². The highest BCUT2D eigenvalue weighted by Crippen LogP contribution is 2.17. The molecule has 0 radical (unpaired) electrons. The lowest BCUT2D eigenvalue weighted by atomic mass is 10.2. The number of nitrogens with zero attached hydrogens (tertiary/aromatic N) is 4. The van der Waals surface area contributed by atoms with Crippen molar-refractivity contribution < 1.29 is 9.53 Å². The molecule has 1 aromatic heterocycles. The maximum atomic E-state index is 12.2. The van der Waals surface area contributed by atoms with Crippen molar-refractivity contribution in [2.24, 2.45) is 0 Å². The van der Waals surface area contributed by atoms with Gasteiger partial charge in [-0.2, -0.15) is 4.68 Å². The van der Waals surface area contributed by atoms with Crippen LogP contribution in [0.25, 0.3) is 5.69 Å². The molecule has 0 aliphatic carbocycles. The molecule has 1 amide bonds. The number of amides is 1. The molecule has 0 saturated carbocycles. The van der Waals surface area contributed by atoms with E-state index in [9.17, 15) is 4.79 Å². The molecular weight excluding hydrogens is 356 g/mol. The van der Waals surface area contributed by atoms with Crippen molar-refractivity contribution in [1.29, 1.82) is 0 Å². The Morgan fingerprint density at radius 1 is 1.25 bits per heavy atom. The summed E-state index contributed by atoms with van der Waals surface area (Å²) in [7, 11) is 0. The molecule has 1 saturated heterocycles. The third-order valence-electron chi connectivity index (χ3n) is 4.62. The minimum atomic E-state index is -0.346. The highest BCUT2D eigenvalue weighted by molar-refractivity contribution is 5.94. The van der Waals surface area contributed by atoms with Crippen LogP contribution in [0, 0.1) is 6.92 Å². The molecule has 3 aromatic rings. The standard InChI is InChI=1S/C20H22N6O2/c1-14-7-9-17(10-8-14)26-20(23-24-25-26)21-13-15-4-2-5-16(12-15)22-19(27)18-6-3-11-28-18/h2,4-5,7-10,12,18H,3,6,11,13H2,1H3,(H,22,27)(H,21,23,25). The van der Waals surface area contributed by atoms with Crippen LogP contribution in [-0.4, -0.2) is 38.8 Å². The van der Waals surface area contributed by atoms with Crippen molar-refractivity contribution in [3.05, 3.63) is 59.7 Å². The van der Waals surface area contributed by atoms with E-state index in [0.29, 0.717) is 19.1 Å². The van der Waals surface area contributed by atoms with Gasteiger partial charge in [-0.15, -0.1) is 0 Å². The maximum Gasteiger partial charge on any atom is 0.253 e. The third kappa shape index (κ3) is 4.17. The zero-order valence-electron chi connectivity index (χ0n) is 15.6. The SMILES string of the molecule is Cc1ccc(-n2nnnc2NCc2cccc(NC(=O)C3CCCO3)c2)cc1. The Morgan fingerprint density at radius 2 is 2.11 bits per heavy atom. The monoisotopic (exact) mass is 378 g/mol. The van der Waals surface area contributed by atoms with E-state index in [1.807, 2.05) is 55.5 Å². The van der Waals surface area contributed by atoms with Gasteiger partial charge in [-0.25, -0.2) is 0 Å². The number of carbonyl (C=O) groups is 1. The Morgan fingerprint density at radius 3 is 2.89 bits per heavy atom. The van der Waals surface area contributed by atoms with Gasteiger partial charge in [0.1, 0.15) is 6.10 Å². The van der Waals surface area contributed by atoms with Gasteiger partial charge in [0, 0.05) is 18.8 Å². The molecule has 28 heavy (non-hydrogen) atoms. The molecular formula is C20H22N6O2. The Kier molecular flexibility index (Phi) is 5.29. The first kappa shape index (κ1) is 18.1. The minimum absolute atomic E-state index is 0.0917. The fourth-order valence-corrected chi connectivity index (χ4v) is 3.10. The van der Waals surface area contributed by atoms with Crippen LogP contribution in [0.3, 0.4) is 0 Å². The molecule has 1 unspecified atom stereocenters. The Balaban J connectivity index is 1.41. The lowest BCUT2D eigenvalue weighted by molar-refractivity contribution is -0.124. The van der Waals surface area contributed by atoms with E-state index in [2.05, 4.69) is 26.2 Å². The van der Waals surface area contributed by atoms with Gasteiger partial charge < -0.3 is 15.4 Å². The summed E-state index contributed by atoms with van der Waals surface area (Å²) in [6.07, 6.45) is 1.35. The second kappa shape index (κ2) is 8.18. The van der Waals surface area contributed by atoms with Gasteiger partial charge in [0.25, 0.3) is 5.91 Å². The van der Waals surface area contributed by atoms with Crippen molar-refractivity contribution in [2.45, 2.75) is 32.4 Å². The molecule has 1 aliphatic heterocycles. The van der Waals surface area contributed by atoms with E-state index in [1.54, 1.807) is 4.68 Å². The fraction of sp³-hybridized carbons (Fsp3) is 0.300. The van der Waals surface area contributed by atoms with Crippen LogP contribution in [0.2, 0.25) is 0 Å². The number of aromatic nitrogens is 4. The zero-order chi connectivity index (χ0) is 19.3. The van der Waals surface area contributed by atoms with E-state index in [-0.39, 0.29) is 12.0 Å². The summed E-state index contributed by atoms with van der Waals surface area (Å²) < 4.78 is 7.08. The van der Waals surface area contributed by atoms with Gasteiger partial charge in [0.15, 0.2) is 0 Å². The average Bonchev–Trinajstić information content (AvgIpc) is 3.39. The van der Waals surface area contributed by atoms with Gasteiger partial charge in [-0.3, -0.25) is 4.79 Å². The second-order valence-corrected chi connectivity index (χ2v) is 6.79. The minimum Gasteiger partial charge on any atom is -0.368 e. The fourth-order valence-electron chi connectivity index (χ4n) is 3.10. The quantitative estimate of drug-likeness (QED) is 0.685. The van der Waals surface area contributed by atoms with Gasteiger partial charge in [0.05, 0.1) is 5.69 Å². The molecule has 2 heterocycles. The highest BCUT2D eigenvalue weighted by atomic mass is 16.5. The number of nitrogens with one attached hydrogen (secondary N) is 2. The first-order valence-corrected chi connectivity index (χ1v) is 9.30. The normalized spacial score (nSPS) is 16.1. The molecule has 8 heteroatoms. The summed E-state index contributed by atoms with van der Waals surface area (Å²) in [5.74, 6) is 0.462.